The van der Waals surface area contributed by atoms with Gasteiger partial charge in [-0.1, -0.05) is 11.6 Å². The van der Waals surface area contributed by atoms with Gasteiger partial charge in [0.05, 0.1) is 12.2 Å². The first-order valence-electron chi connectivity index (χ1n) is 4.69. The van der Waals surface area contributed by atoms with Gasteiger partial charge in [-0.25, -0.2) is 4.98 Å². The van der Waals surface area contributed by atoms with E-state index in [9.17, 15) is 9.59 Å². The van der Waals surface area contributed by atoms with Crippen molar-refractivity contribution >= 4 is 23.5 Å². The van der Waals surface area contributed by atoms with Gasteiger partial charge < -0.3 is 10.1 Å². The lowest BCUT2D eigenvalue weighted by atomic mass is 10.3. The normalized spacial score (nSPS) is 9.62. The minimum atomic E-state index is -0.474. The van der Waals surface area contributed by atoms with Crippen LogP contribution < -0.4 is 5.32 Å². The van der Waals surface area contributed by atoms with Crippen molar-refractivity contribution in [2.45, 2.75) is 6.92 Å². The SMILES string of the molecule is CCOC(=O)CNC(=O)c1ccc(Cl)nc1. The van der Waals surface area contributed by atoms with Crippen LogP contribution in [0.5, 0.6) is 0 Å². The Labute approximate surface area is 97.8 Å². The third kappa shape index (κ3) is 3.86. The Morgan fingerprint density at radius 1 is 1.50 bits per heavy atom. The van der Waals surface area contributed by atoms with Crippen molar-refractivity contribution in [3.05, 3.63) is 29.0 Å². The van der Waals surface area contributed by atoms with Gasteiger partial charge in [-0.3, -0.25) is 9.59 Å². The monoisotopic (exact) mass is 242 g/mol. The fourth-order valence-corrected chi connectivity index (χ4v) is 1.09. The number of hydrogen-bond acceptors (Lipinski definition) is 4. The predicted molar refractivity (Wildman–Crippen MR) is 58.2 cm³/mol. The molecule has 0 aliphatic carbocycles. The number of carbonyl (C=O) groups excluding carboxylic acids is 2. The number of amides is 1. The Morgan fingerprint density at radius 3 is 2.81 bits per heavy atom. The van der Waals surface area contributed by atoms with E-state index in [0.29, 0.717) is 10.7 Å². The van der Waals surface area contributed by atoms with Crippen LogP contribution in [0.2, 0.25) is 5.15 Å². The lowest BCUT2D eigenvalue weighted by molar-refractivity contribution is -0.141. The standard InChI is InChI=1S/C10H11ClN2O3/c1-2-16-9(14)6-13-10(15)7-3-4-8(11)12-5-7/h3-5H,2,6H2,1H3,(H,13,15). The molecular formula is C10H11ClN2O3. The average Bonchev–Trinajstić information content (AvgIpc) is 2.27. The first-order valence-corrected chi connectivity index (χ1v) is 5.06. The molecule has 5 nitrogen and oxygen atoms in total. The molecule has 0 saturated carbocycles. The maximum atomic E-state index is 11.5. The highest BCUT2D eigenvalue weighted by molar-refractivity contribution is 6.29. The number of rotatable bonds is 4. The van der Waals surface area contributed by atoms with E-state index in [1.54, 1.807) is 6.92 Å². The largest absolute Gasteiger partial charge is 0.465 e. The van der Waals surface area contributed by atoms with Gasteiger partial charge in [-0.05, 0) is 19.1 Å². The molecular weight excluding hydrogens is 232 g/mol. The van der Waals surface area contributed by atoms with Gasteiger partial charge >= 0.3 is 5.97 Å². The fraction of sp³-hybridized carbons (Fsp3) is 0.300. The topological polar surface area (TPSA) is 68.3 Å². The van der Waals surface area contributed by atoms with Crippen LogP contribution in [0.25, 0.3) is 0 Å². The number of hydrogen-bond donors (Lipinski definition) is 1. The van der Waals surface area contributed by atoms with Crippen LogP contribution >= 0.6 is 11.6 Å². The Morgan fingerprint density at radius 2 is 2.25 bits per heavy atom. The summed E-state index contributed by atoms with van der Waals surface area (Å²) in [6.07, 6.45) is 1.34. The predicted octanol–water partition coefficient (Wildman–Crippen LogP) is 1.03. The van der Waals surface area contributed by atoms with Crippen LogP contribution in [0.3, 0.4) is 0 Å². The zero-order valence-electron chi connectivity index (χ0n) is 8.70. The molecule has 1 rings (SSSR count). The first-order chi connectivity index (χ1) is 7.63. The Bertz CT molecular complexity index is 378. The molecule has 1 aromatic heterocycles. The summed E-state index contributed by atoms with van der Waals surface area (Å²) in [7, 11) is 0. The molecule has 0 spiro atoms. The van der Waals surface area contributed by atoms with Gasteiger partial charge in [0, 0.05) is 6.20 Å². The van der Waals surface area contributed by atoms with Crippen LogP contribution in [-0.4, -0.2) is 30.0 Å². The summed E-state index contributed by atoms with van der Waals surface area (Å²) in [5.41, 5.74) is 0.341. The molecule has 1 amide bonds. The second-order valence-electron chi connectivity index (χ2n) is 2.86. The van der Waals surface area contributed by atoms with Gasteiger partial charge in [0.15, 0.2) is 0 Å². The number of carbonyl (C=O) groups is 2. The van der Waals surface area contributed by atoms with Crippen LogP contribution in [0.4, 0.5) is 0 Å². The number of esters is 1. The summed E-state index contributed by atoms with van der Waals surface area (Å²) in [6, 6.07) is 3.02. The molecule has 0 unspecified atom stereocenters. The van der Waals surface area contributed by atoms with Crippen molar-refractivity contribution in [1.82, 2.24) is 10.3 Å². The van der Waals surface area contributed by atoms with Gasteiger partial charge in [-0.15, -0.1) is 0 Å². The number of nitrogens with zero attached hydrogens (tertiary/aromatic N) is 1. The minimum Gasteiger partial charge on any atom is -0.465 e. The maximum Gasteiger partial charge on any atom is 0.325 e. The van der Waals surface area contributed by atoms with Gasteiger partial charge in [0.1, 0.15) is 11.7 Å². The van der Waals surface area contributed by atoms with Crippen molar-refractivity contribution < 1.29 is 14.3 Å². The van der Waals surface area contributed by atoms with Crippen molar-refractivity contribution in [3.63, 3.8) is 0 Å². The summed E-state index contributed by atoms with van der Waals surface area (Å²) < 4.78 is 4.66. The van der Waals surface area contributed by atoms with Crippen molar-refractivity contribution in [2.75, 3.05) is 13.2 Å². The van der Waals surface area contributed by atoms with Crippen LogP contribution in [0.1, 0.15) is 17.3 Å². The highest BCUT2D eigenvalue weighted by Crippen LogP contribution is 2.04. The van der Waals surface area contributed by atoms with E-state index in [-0.39, 0.29) is 13.2 Å². The Balaban J connectivity index is 2.47. The van der Waals surface area contributed by atoms with Gasteiger partial charge in [0.25, 0.3) is 5.91 Å². The molecule has 6 heteroatoms. The molecule has 0 saturated heterocycles. The quantitative estimate of drug-likeness (QED) is 0.633. The first kappa shape index (κ1) is 12.4. The third-order valence-electron chi connectivity index (χ3n) is 1.69. The van der Waals surface area contributed by atoms with Crippen LogP contribution in [-0.2, 0) is 9.53 Å². The van der Waals surface area contributed by atoms with Crippen LogP contribution in [0, 0.1) is 0 Å². The van der Waals surface area contributed by atoms with E-state index in [0.717, 1.165) is 0 Å². The molecule has 0 bridgehead atoms. The summed E-state index contributed by atoms with van der Waals surface area (Å²) >= 11 is 5.57. The molecule has 1 N–H and O–H groups in total. The average molecular weight is 243 g/mol. The number of aromatic nitrogens is 1. The summed E-state index contributed by atoms with van der Waals surface area (Å²) in [6.45, 7) is 1.83. The second kappa shape index (κ2) is 6.07. The number of halogens is 1. The highest BCUT2D eigenvalue weighted by Gasteiger charge is 2.08. The molecule has 0 aliphatic heterocycles. The lowest BCUT2D eigenvalue weighted by Gasteiger charge is -2.04. The number of pyridine rings is 1. The second-order valence-corrected chi connectivity index (χ2v) is 3.24. The van der Waals surface area contributed by atoms with Crippen molar-refractivity contribution in [1.29, 1.82) is 0 Å². The maximum absolute atomic E-state index is 11.5. The van der Waals surface area contributed by atoms with Crippen molar-refractivity contribution in [3.8, 4) is 0 Å². The molecule has 0 atom stereocenters. The lowest BCUT2D eigenvalue weighted by Crippen LogP contribution is -2.30. The van der Waals surface area contributed by atoms with Crippen molar-refractivity contribution in [2.24, 2.45) is 0 Å². The summed E-state index contributed by atoms with van der Waals surface area (Å²) in [5.74, 6) is -0.866. The van der Waals surface area contributed by atoms with Gasteiger partial charge in [0.2, 0.25) is 0 Å². The summed E-state index contributed by atoms with van der Waals surface area (Å²) in [4.78, 5) is 26.2. The molecule has 0 fully saturated rings. The van der Waals surface area contributed by atoms with E-state index < -0.39 is 11.9 Å². The Kier molecular flexibility index (Phi) is 4.72. The Hall–Kier alpha value is -1.62. The zero-order valence-corrected chi connectivity index (χ0v) is 9.45. The molecule has 0 aliphatic rings. The molecule has 0 radical (unpaired) electrons. The zero-order chi connectivity index (χ0) is 12.0. The van der Waals surface area contributed by atoms with E-state index in [1.165, 1.54) is 18.3 Å². The molecule has 1 heterocycles. The van der Waals surface area contributed by atoms with E-state index in [4.69, 9.17) is 11.6 Å². The molecule has 16 heavy (non-hydrogen) atoms. The fourth-order valence-electron chi connectivity index (χ4n) is 0.977. The van der Waals surface area contributed by atoms with Crippen LogP contribution in [0.15, 0.2) is 18.3 Å². The highest BCUT2D eigenvalue weighted by atomic mass is 35.5. The molecule has 1 aromatic rings. The number of nitrogens with one attached hydrogen (secondary N) is 1. The smallest absolute Gasteiger partial charge is 0.325 e. The summed E-state index contributed by atoms with van der Waals surface area (Å²) in [5, 5.41) is 2.71. The number of ether oxygens (including phenoxy) is 1. The van der Waals surface area contributed by atoms with E-state index >= 15 is 0 Å². The third-order valence-corrected chi connectivity index (χ3v) is 1.91. The molecule has 86 valence electrons. The van der Waals surface area contributed by atoms with E-state index in [1.807, 2.05) is 0 Å². The van der Waals surface area contributed by atoms with Gasteiger partial charge in [-0.2, -0.15) is 0 Å². The minimum absolute atomic E-state index is 0.157. The molecule has 0 aromatic carbocycles. The van der Waals surface area contributed by atoms with E-state index in [2.05, 4.69) is 15.0 Å².